The van der Waals surface area contributed by atoms with Crippen LogP contribution in [0, 0.1) is 10.1 Å². The molecule has 0 aliphatic rings. The molecule has 16 heavy (non-hydrogen) atoms. The molecular formula is C9H11ClN2O3S. The van der Waals surface area contributed by atoms with Crippen molar-refractivity contribution in [2.75, 3.05) is 12.3 Å². The van der Waals surface area contributed by atoms with E-state index in [2.05, 4.69) is 0 Å². The highest BCUT2D eigenvalue weighted by molar-refractivity contribution is 7.84. The monoisotopic (exact) mass is 262 g/mol. The van der Waals surface area contributed by atoms with Crippen LogP contribution in [0.4, 0.5) is 5.69 Å². The van der Waals surface area contributed by atoms with Gasteiger partial charge in [-0.15, -0.1) is 0 Å². The first-order chi connectivity index (χ1) is 7.56. The second-order valence-electron chi connectivity index (χ2n) is 3.07. The van der Waals surface area contributed by atoms with Gasteiger partial charge in [0.15, 0.2) is 0 Å². The smallest absolute Gasteiger partial charge is 0.275 e. The van der Waals surface area contributed by atoms with Crippen LogP contribution in [0.25, 0.3) is 0 Å². The van der Waals surface area contributed by atoms with Gasteiger partial charge in [-0.3, -0.25) is 14.3 Å². The van der Waals surface area contributed by atoms with Crippen LogP contribution in [0.1, 0.15) is 5.56 Å². The molecule has 1 atom stereocenters. The minimum Gasteiger partial charge on any atom is -0.330 e. The molecule has 0 bridgehead atoms. The maximum Gasteiger partial charge on any atom is 0.275 e. The summed E-state index contributed by atoms with van der Waals surface area (Å²) in [6.45, 7) is 0.283. The first-order valence-electron chi connectivity index (χ1n) is 4.53. The standard InChI is InChI=1S/C9H11ClN2O3S/c10-8-2-1-3-9(12(13)14)7(8)6-16(15)5-4-11/h1-3H,4-6,11H2. The normalized spacial score (nSPS) is 12.4. The molecule has 0 spiro atoms. The largest absolute Gasteiger partial charge is 0.330 e. The van der Waals surface area contributed by atoms with E-state index < -0.39 is 15.7 Å². The van der Waals surface area contributed by atoms with Gasteiger partial charge in [-0.05, 0) is 6.07 Å². The van der Waals surface area contributed by atoms with Crippen LogP contribution >= 0.6 is 11.6 Å². The molecule has 1 rings (SSSR count). The van der Waals surface area contributed by atoms with E-state index in [0.717, 1.165) is 0 Å². The molecule has 0 aliphatic carbocycles. The lowest BCUT2D eigenvalue weighted by atomic mass is 10.2. The highest BCUT2D eigenvalue weighted by Crippen LogP contribution is 2.27. The van der Waals surface area contributed by atoms with Gasteiger partial charge in [0, 0.05) is 29.2 Å². The Hall–Kier alpha value is -0.980. The molecular weight excluding hydrogens is 252 g/mol. The van der Waals surface area contributed by atoms with Gasteiger partial charge < -0.3 is 5.73 Å². The highest BCUT2D eigenvalue weighted by atomic mass is 35.5. The van der Waals surface area contributed by atoms with Gasteiger partial charge in [-0.2, -0.15) is 0 Å². The molecule has 5 nitrogen and oxygen atoms in total. The number of benzene rings is 1. The summed E-state index contributed by atoms with van der Waals surface area (Å²) < 4.78 is 11.5. The van der Waals surface area contributed by atoms with E-state index in [1.54, 1.807) is 6.07 Å². The molecule has 7 heteroatoms. The summed E-state index contributed by atoms with van der Waals surface area (Å²) in [6, 6.07) is 4.39. The Morgan fingerprint density at radius 3 is 2.75 bits per heavy atom. The third kappa shape index (κ3) is 3.26. The molecule has 2 N–H and O–H groups in total. The predicted molar refractivity (Wildman–Crippen MR) is 63.9 cm³/mol. The van der Waals surface area contributed by atoms with Gasteiger partial charge in [0.2, 0.25) is 0 Å². The Bertz CT molecular complexity index is 425. The van der Waals surface area contributed by atoms with Crippen molar-refractivity contribution in [2.45, 2.75) is 5.75 Å². The van der Waals surface area contributed by atoms with E-state index in [1.807, 2.05) is 0 Å². The van der Waals surface area contributed by atoms with E-state index in [-0.39, 0.29) is 23.0 Å². The van der Waals surface area contributed by atoms with Crippen LogP contribution in [0.15, 0.2) is 18.2 Å². The fraction of sp³-hybridized carbons (Fsp3) is 0.333. The van der Waals surface area contributed by atoms with Crippen molar-refractivity contribution in [1.29, 1.82) is 0 Å². The van der Waals surface area contributed by atoms with Crippen molar-refractivity contribution < 1.29 is 9.13 Å². The van der Waals surface area contributed by atoms with Gasteiger partial charge in [-0.1, -0.05) is 17.7 Å². The minimum absolute atomic E-state index is 0.0627. The number of nitro benzene ring substituents is 1. The molecule has 0 heterocycles. The topological polar surface area (TPSA) is 86.2 Å². The molecule has 0 amide bonds. The quantitative estimate of drug-likeness (QED) is 0.643. The molecule has 0 saturated heterocycles. The zero-order valence-corrected chi connectivity index (χ0v) is 9.96. The van der Waals surface area contributed by atoms with Gasteiger partial charge in [0.05, 0.1) is 21.3 Å². The average Bonchev–Trinajstić information content (AvgIpc) is 2.21. The number of nitrogens with two attached hydrogens (primary N) is 1. The second-order valence-corrected chi connectivity index (χ2v) is 5.06. The zero-order valence-electron chi connectivity index (χ0n) is 8.39. The molecule has 1 unspecified atom stereocenters. The van der Waals surface area contributed by atoms with E-state index >= 15 is 0 Å². The predicted octanol–water partition coefficient (Wildman–Crippen LogP) is 1.46. The first kappa shape index (κ1) is 13.1. The zero-order chi connectivity index (χ0) is 12.1. The summed E-state index contributed by atoms with van der Waals surface area (Å²) in [5, 5.41) is 11.0. The fourth-order valence-corrected chi connectivity index (χ4v) is 2.57. The summed E-state index contributed by atoms with van der Waals surface area (Å²) in [6.07, 6.45) is 0. The van der Waals surface area contributed by atoms with Crippen LogP contribution < -0.4 is 5.73 Å². The highest BCUT2D eigenvalue weighted by Gasteiger charge is 2.18. The molecule has 0 fully saturated rings. The average molecular weight is 263 g/mol. The minimum atomic E-state index is -1.22. The lowest BCUT2D eigenvalue weighted by Gasteiger charge is -2.04. The SMILES string of the molecule is NCCS(=O)Cc1c(Cl)cccc1[N+](=O)[O-]. The molecule has 88 valence electrons. The van der Waals surface area contributed by atoms with Gasteiger partial charge >= 0.3 is 0 Å². The maximum absolute atomic E-state index is 11.5. The molecule has 0 aromatic heterocycles. The maximum atomic E-state index is 11.5. The van der Waals surface area contributed by atoms with Crippen molar-refractivity contribution in [3.63, 3.8) is 0 Å². The molecule has 1 aromatic carbocycles. The first-order valence-corrected chi connectivity index (χ1v) is 6.39. The number of nitrogens with zero attached hydrogens (tertiary/aromatic N) is 1. The van der Waals surface area contributed by atoms with Crippen molar-refractivity contribution >= 4 is 28.1 Å². The third-order valence-corrected chi connectivity index (χ3v) is 3.60. The summed E-state index contributed by atoms with van der Waals surface area (Å²) in [7, 11) is -1.22. The van der Waals surface area contributed by atoms with E-state index in [9.17, 15) is 14.3 Å². The Morgan fingerprint density at radius 2 is 2.19 bits per heavy atom. The number of halogens is 1. The van der Waals surface area contributed by atoms with E-state index in [0.29, 0.717) is 11.3 Å². The number of rotatable bonds is 5. The summed E-state index contributed by atoms with van der Waals surface area (Å²) in [5.74, 6) is 0.371. The number of hydrogen-bond donors (Lipinski definition) is 1. The van der Waals surface area contributed by atoms with Crippen molar-refractivity contribution in [3.8, 4) is 0 Å². The lowest BCUT2D eigenvalue weighted by Crippen LogP contribution is -2.12. The van der Waals surface area contributed by atoms with Crippen LogP contribution in [-0.2, 0) is 16.6 Å². The van der Waals surface area contributed by atoms with E-state index in [1.165, 1.54) is 12.1 Å². The van der Waals surface area contributed by atoms with Crippen LogP contribution in [-0.4, -0.2) is 21.4 Å². The second kappa shape index (κ2) is 5.93. The van der Waals surface area contributed by atoms with Crippen molar-refractivity contribution in [1.82, 2.24) is 0 Å². The molecule has 0 aliphatic heterocycles. The van der Waals surface area contributed by atoms with Gasteiger partial charge in [0.1, 0.15) is 0 Å². The van der Waals surface area contributed by atoms with Crippen LogP contribution in [0.3, 0.4) is 0 Å². The summed E-state index contributed by atoms with van der Waals surface area (Å²) in [4.78, 5) is 10.2. The summed E-state index contributed by atoms with van der Waals surface area (Å²) >= 11 is 5.85. The Balaban J connectivity index is 3.01. The van der Waals surface area contributed by atoms with Crippen molar-refractivity contribution in [3.05, 3.63) is 38.9 Å². The van der Waals surface area contributed by atoms with Crippen LogP contribution in [0.5, 0.6) is 0 Å². The van der Waals surface area contributed by atoms with Gasteiger partial charge in [-0.25, -0.2) is 0 Å². The van der Waals surface area contributed by atoms with Crippen molar-refractivity contribution in [2.24, 2.45) is 5.73 Å². The Kier molecular flexibility index (Phi) is 4.85. The van der Waals surface area contributed by atoms with Gasteiger partial charge in [0.25, 0.3) is 5.69 Å². The molecule has 0 saturated carbocycles. The van der Waals surface area contributed by atoms with E-state index in [4.69, 9.17) is 17.3 Å². The number of nitro groups is 1. The Morgan fingerprint density at radius 1 is 1.50 bits per heavy atom. The lowest BCUT2D eigenvalue weighted by molar-refractivity contribution is -0.385. The number of hydrogen-bond acceptors (Lipinski definition) is 4. The van der Waals surface area contributed by atoms with Crippen LogP contribution in [0.2, 0.25) is 5.02 Å². The molecule has 0 radical (unpaired) electrons. The third-order valence-electron chi connectivity index (χ3n) is 1.94. The molecule has 1 aromatic rings. The Labute approximate surface area is 100 Å². The summed E-state index contributed by atoms with van der Waals surface area (Å²) in [5.41, 5.74) is 5.47. The fourth-order valence-electron chi connectivity index (χ4n) is 1.23.